The number of aliphatic carboxylic acids is 2. The zero-order valence-electron chi connectivity index (χ0n) is 17.6. The highest BCUT2D eigenvalue weighted by atomic mass is 16.4. The standard InChI is InChI=1S/C7H15NO3.C6H13NO2.C4H7N3O/c1-8(2,3)5-6(9)4-7(10)11;1-4(2)3-5(7)6(8)9;1-7-2-3(8)6-4(7)5/h6,9H,4-5H2,1-3H3;4-5H,3,7H2,1-2H3,(H,8,9);2H2,1H3,(H2,5,6,8). The number of rotatable bonds is 7. The minimum atomic E-state index is -1.20. The lowest BCUT2D eigenvalue weighted by atomic mass is 10.1. The molecule has 1 saturated heterocycles. The molecule has 0 saturated carbocycles. The van der Waals surface area contributed by atoms with E-state index in [4.69, 9.17) is 21.4 Å². The zero-order chi connectivity index (χ0) is 22.7. The molecule has 1 amide bonds. The summed E-state index contributed by atoms with van der Waals surface area (Å²) in [5.41, 5.74) is 5.22. The second kappa shape index (κ2) is 13.0. The van der Waals surface area contributed by atoms with Gasteiger partial charge in [-0.3, -0.25) is 20.3 Å². The number of carboxylic acids is 2. The molecule has 1 rings (SSSR count). The van der Waals surface area contributed by atoms with Gasteiger partial charge in [0.2, 0.25) is 5.91 Å². The summed E-state index contributed by atoms with van der Waals surface area (Å²) in [4.78, 5) is 32.0. The molecule has 1 heterocycles. The Balaban J connectivity index is 0. The molecule has 28 heavy (non-hydrogen) atoms. The highest BCUT2D eigenvalue weighted by Gasteiger charge is 2.18. The average molecular weight is 405 g/mol. The number of nitrogens with zero attached hydrogens (tertiary/aromatic N) is 2. The molecular weight excluding hydrogens is 370 g/mol. The fourth-order valence-electron chi connectivity index (χ4n) is 2.06. The molecule has 1 aliphatic heterocycles. The first-order chi connectivity index (χ1) is 12.5. The third-order valence-corrected chi connectivity index (χ3v) is 3.22. The third-order valence-electron chi connectivity index (χ3n) is 3.22. The minimum absolute atomic E-state index is 0.0995. The van der Waals surface area contributed by atoms with E-state index in [9.17, 15) is 19.5 Å². The molecule has 164 valence electrons. The molecule has 0 spiro atoms. The smallest absolute Gasteiger partial charge is 0.320 e. The Morgan fingerprint density at radius 1 is 1.36 bits per heavy atom. The number of carboxylic acid groups (broad SMARTS) is 2. The number of aliphatic hydroxyl groups excluding tert-OH is 1. The van der Waals surface area contributed by atoms with Gasteiger partial charge in [-0.05, 0) is 12.3 Å². The van der Waals surface area contributed by atoms with Crippen molar-refractivity contribution in [1.82, 2.24) is 10.2 Å². The molecule has 0 aliphatic carbocycles. The minimum Gasteiger partial charge on any atom is -0.550 e. The van der Waals surface area contributed by atoms with E-state index in [0.29, 0.717) is 29.9 Å². The number of guanidine groups is 1. The Morgan fingerprint density at radius 3 is 2.04 bits per heavy atom. The first-order valence-electron chi connectivity index (χ1n) is 8.81. The summed E-state index contributed by atoms with van der Waals surface area (Å²) < 4.78 is 0.550. The van der Waals surface area contributed by atoms with Gasteiger partial charge in [0, 0.05) is 19.4 Å². The van der Waals surface area contributed by atoms with Crippen LogP contribution in [0.2, 0.25) is 0 Å². The fourth-order valence-corrected chi connectivity index (χ4v) is 2.06. The van der Waals surface area contributed by atoms with Crippen LogP contribution in [0.3, 0.4) is 0 Å². The van der Waals surface area contributed by atoms with Crippen LogP contribution in [-0.4, -0.2) is 96.8 Å². The lowest BCUT2D eigenvalue weighted by Crippen LogP contribution is -2.43. The van der Waals surface area contributed by atoms with E-state index in [1.54, 1.807) is 11.9 Å². The Morgan fingerprint density at radius 2 is 1.86 bits per heavy atom. The molecule has 0 aromatic carbocycles. The van der Waals surface area contributed by atoms with Crippen LogP contribution in [0.25, 0.3) is 0 Å². The molecule has 11 nitrogen and oxygen atoms in total. The molecule has 2 unspecified atom stereocenters. The van der Waals surface area contributed by atoms with Gasteiger partial charge in [-0.15, -0.1) is 0 Å². The summed E-state index contributed by atoms with van der Waals surface area (Å²) in [5.74, 6) is -1.67. The number of hydrogen-bond donors (Lipinski definition) is 5. The van der Waals surface area contributed by atoms with Crippen LogP contribution in [0.4, 0.5) is 0 Å². The van der Waals surface area contributed by atoms with E-state index in [1.165, 1.54) is 0 Å². The molecule has 0 aromatic rings. The van der Waals surface area contributed by atoms with Crippen LogP contribution in [0.5, 0.6) is 0 Å². The van der Waals surface area contributed by atoms with Gasteiger partial charge in [0.15, 0.2) is 5.96 Å². The van der Waals surface area contributed by atoms with Crippen molar-refractivity contribution in [3.05, 3.63) is 0 Å². The van der Waals surface area contributed by atoms with Gasteiger partial charge in [0.05, 0.1) is 27.7 Å². The lowest BCUT2D eigenvalue weighted by molar-refractivity contribution is -0.873. The van der Waals surface area contributed by atoms with Crippen molar-refractivity contribution < 1.29 is 34.2 Å². The SMILES string of the molecule is CC(C)CC(N)C(=O)O.CN1CC(=O)NC1=N.C[N+](C)(C)CC(O)CC(=O)[O-]. The van der Waals surface area contributed by atoms with Crippen molar-refractivity contribution in [1.29, 1.82) is 5.41 Å². The number of likely N-dealkylation sites (N-methyl/N-ethyl adjacent to an activating group) is 2. The molecular formula is C17H35N5O6. The van der Waals surface area contributed by atoms with Crippen LogP contribution >= 0.6 is 0 Å². The molecule has 0 radical (unpaired) electrons. The topological polar surface area (TPSA) is 180 Å². The van der Waals surface area contributed by atoms with Crippen molar-refractivity contribution in [2.45, 2.75) is 38.8 Å². The number of hydrogen-bond acceptors (Lipinski definition) is 7. The summed E-state index contributed by atoms with van der Waals surface area (Å²) in [6, 6.07) is -0.690. The van der Waals surface area contributed by atoms with E-state index >= 15 is 0 Å². The average Bonchev–Trinajstić information content (AvgIpc) is 2.72. The highest BCUT2D eigenvalue weighted by Crippen LogP contribution is 2.01. The first-order valence-corrected chi connectivity index (χ1v) is 8.81. The normalized spacial score (nSPS) is 15.7. The monoisotopic (exact) mass is 405 g/mol. The summed E-state index contributed by atoms with van der Waals surface area (Å²) in [7, 11) is 7.36. The van der Waals surface area contributed by atoms with Gasteiger partial charge in [-0.25, -0.2) is 0 Å². The zero-order valence-corrected chi connectivity index (χ0v) is 17.6. The third kappa shape index (κ3) is 17.2. The maximum absolute atomic E-state index is 10.4. The largest absolute Gasteiger partial charge is 0.550 e. The molecule has 0 bridgehead atoms. The molecule has 11 heteroatoms. The van der Waals surface area contributed by atoms with Gasteiger partial charge < -0.3 is 35.2 Å². The van der Waals surface area contributed by atoms with Gasteiger partial charge in [-0.1, -0.05) is 13.8 Å². The Hall–Kier alpha value is -2.24. The second-order valence-electron chi connectivity index (χ2n) is 8.03. The quantitative estimate of drug-likeness (QED) is 0.291. The van der Waals surface area contributed by atoms with Gasteiger partial charge in [-0.2, -0.15) is 0 Å². The number of aliphatic hydroxyl groups is 1. The lowest BCUT2D eigenvalue weighted by Gasteiger charge is -2.26. The van der Waals surface area contributed by atoms with Crippen molar-refractivity contribution >= 4 is 23.8 Å². The maximum atomic E-state index is 10.4. The number of nitrogens with one attached hydrogen (secondary N) is 2. The highest BCUT2D eigenvalue weighted by molar-refractivity contribution is 6.02. The molecule has 1 fully saturated rings. The van der Waals surface area contributed by atoms with Crippen LogP contribution in [0, 0.1) is 11.3 Å². The van der Waals surface area contributed by atoms with Gasteiger partial charge >= 0.3 is 5.97 Å². The fraction of sp³-hybridized carbons (Fsp3) is 0.765. The summed E-state index contributed by atoms with van der Waals surface area (Å²) in [5, 5.41) is 36.8. The Labute approximate surface area is 166 Å². The number of carbonyl (C=O) groups is 3. The van der Waals surface area contributed by atoms with E-state index in [1.807, 2.05) is 35.0 Å². The Bertz CT molecular complexity index is 533. The van der Waals surface area contributed by atoms with Crippen LogP contribution in [0.15, 0.2) is 0 Å². The molecule has 6 N–H and O–H groups in total. The number of carbonyl (C=O) groups excluding carboxylic acids is 2. The van der Waals surface area contributed by atoms with Crippen LogP contribution in [0.1, 0.15) is 26.7 Å². The Kier molecular flexibility index (Phi) is 13.0. The molecule has 0 aromatic heterocycles. The first kappa shape index (κ1) is 28.0. The van der Waals surface area contributed by atoms with E-state index in [0.717, 1.165) is 0 Å². The number of nitrogens with two attached hydrogens (primary N) is 1. The van der Waals surface area contributed by atoms with Crippen LogP contribution in [-0.2, 0) is 14.4 Å². The second-order valence-corrected chi connectivity index (χ2v) is 8.03. The number of quaternary nitrogens is 1. The summed E-state index contributed by atoms with van der Waals surface area (Å²) in [6.45, 7) is 4.64. The maximum Gasteiger partial charge on any atom is 0.320 e. The summed E-state index contributed by atoms with van der Waals surface area (Å²) >= 11 is 0. The molecule has 1 aliphatic rings. The summed E-state index contributed by atoms with van der Waals surface area (Å²) in [6.07, 6.45) is -0.537. The predicted molar refractivity (Wildman–Crippen MR) is 102 cm³/mol. The van der Waals surface area contributed by atoms with Gasteiger partial charge in [0.25, 0.3) is 0 Å². The van der Waals surface area contributed by atoms with Crippen LogP contribution < -0.4 is 16.2 Å². The molecule has 2 atom stereocenters. The van der Waals surface area contributed by atoms with E-state index in [2.05, 4.69) is 5.32 Å². The van der Waals surface area contributed by atoms with Gasteiger partial charge in [0.1, 0.15) is 18.7 Å². The van der Waals surface area contributed by atoms with Crippen molar-refractivity contribution in [2.24, 2.45) is 11.7 Å². The van der Waals surface area contributed by atoms with Crippen molar-refractivity contribution in [3.63, 3.8) is 0 Å². The number of amides is 1. The van der Waals surface area contributed by atoms with E-state index in [-0.39, 0.29) is 18.3 Å². The van der Waals surface area contributed by atoms with Crippen molar-refractivity contribution in [2.75, 3.05) is 41.3 Å². The van der Waals surface area contributed by atoms with E-state index < -0.39 is 24.1 Å². The predicted octanol–water partition coefficient (Wildman–Crippen LogP) is -2.38. The van der Waals surface area contributed by atoms with Crippen molar-refractivity contribution in [3.8, 4) is 0 Å².